The van der Waals surface area contributed by atoms with Gasteiger partial charge in [-0.3, -0.25) is 4.79 Å². The molecular formula is C12H15BrFNO3. The minimum atomic E-state index is -0.748. The van der Waals surface area contributed by atoms with E-state index < -0.39 is 11.7 Å². The molecule has 1 atom stereocenters. The molecule has 0 spiro atoms. The Morgan fingerprint density at radius 3 is 2.89 bits per heavy atom. The van der Waals surface area contributed by atoms with Crippen LogP contribution in [0.4, 0.5) is 4.39 Å². The number of ether oxygens (including phenoxy) is 1. The van der Waals surface area contributed by atoms with Gasteiger partial charge >= 0.3 is 0 Å². The molecule has 0 aromatic heterocycles. The fourth-order valence-electron chi connectivity index (χ4n) is 1.48. The lowest BCUT2D eigenvalue weighted by Crippen LogP contribution is -2.38. The summed E-state index contributed by atoms with van der Waals surface area (Å²) >= 11 is 3.28. The maximum atomic E-state index is 13.5. The Labute approximate surface area is 113 Å². The van der Waals surface area contributed by atoms with Crippen molar-refractivity contribution in [3.05, 3.63) is 29.6 Å². The van der Waals surface area contributed by atoms with Gasteiger partial charge in [-0.05, 0) is 18.6 Å². The normalized spacial score (nSPS) is 12.2. The summed E-state index contributed by atoms with van der Waals surface area (Å²) in [6.45, 7) is 0.358. The summed E-state index contributed by atoms with van der Waals surface area (Å²) in [7, 11) is 1.54. The van der Waals surface area contributed by atoms with Crippen molar-refractivity contribution in [1.29, 1.82) is 0 Å². The molecule has 1 rings (SSSR count). The van der Waals surface area contributed by atoms with Crippen LogP contribution in [0.3, 0.4) is 0 Å². The van der Waals surface area contributed by atoms with Crippen LogP contribution in [-0.4, -0.2) is 36.1 Å². The first-order chi connectivity index (χ1) is 8.58. The molecule has 6 heteroatoms. The van der Waals surface area contributed by atoms with Crippen LogP contribution in [-0.2, 0) is 4.74 Å². The Kier molecular flexibility index (Phi) is 6.07. The minimum absolute atomic E-state index is 0.0940. The third kappa shape index (κ3) is 4.27. The Balaban J connectivity index is 2.73. The number of nitrogens with one attached hydrogen (secondary N) is 1. The van der Waals surface area contributed by atoms with Crippen LogP contribution in [0.15, 0.2) is 18.2 Å². The van der Waals surface area contributed by atoms with Gasteiger partial charge in [0.1, 0.15) is 11.6 Å². The average Bonchev–Trinajstić information content (AvgIpc) is 2.29. The molecule has 0 fully saturated rings. The highest BCUT2D eigenvalue weighted by molar-refractivity contribution is 9.09. The van der Waals surface area contributed by atoms with Gasteiger partial charge in [0.05, 0.1) is 18.2 Å². The summed E-state index contributed by atoms with van der Waals surface area (Å²) in [6.07, 6.45) is 0.680. The number of hydrogen-bond acceptors (Lipinski definition) is 3. The lowest BCUT2D eigenvalue weighted by Gasteiger charge is -2.17. The van der Waals surface area contributed by atoms with Crippen molar-refractivity contribution in [2.75, 3.05) is 19.0 Å². The molecule has 0 saturated heterocycles. The molecule has 1 amide bonds. The maximum Gasteiger partial charge on any atom is 0.254 e. The molecule has 2 N–H and O–H groups in total. The second-order valence-corrected chi connectivity index (χ2v) is 4.56. The highest BCUT2D eigenvalue weighted by Crippen LogP contribution is 2.15. The molecule has 4 nitrogen and oxygen atoms in total. The zero-order chi connectivity index (χ0) is 13.5. The summed E-state index contributed by atoms with van der Waals surface area (Å²) < 4.78 is 18.4. The van der Waals surface area contributed by atoms with Crippen LogP contribution in [0.2, 0.25) is 0 Å². The molecule has 0 saturated carbocycles. The predicted octanol–water partition coefficient (Wildman–Crippen LogP) is 2.06. The number of aromatic hydroxyl groups is 1. The lowest BCUT2D eigenvalue weighted by atomic mass is 10.1. The van der Waals surface area contributed by atoms with Gasteiger partial charge in [0.25, 0.3) is 5.91 Å². The molecule has 18 heavy (non-hydrogen) atoms. The molecule has 0 bridgehead atoms. The van der Waals surface area contributed by atoms with Gasteiger partial charge in [-0.15, -0.1) is 0 Å². The molecule has 100 valence electrons. The van der Waals surface area contributed by atoms with Crippen molar-refractivity contribution in [3.63, 3.8) is 0 Å². The number of phenolic OH excluding ortho intramolecular Hbond substituents is 1. The van der Waals surface area contributed by atoms with E-state index in [-0.39, 0.29) is 17.4 Å². The van der Waals surface area contributed by atoms with E-state index in [4.69, 9.17) is 9.84 Å². The van der Waals surface area contributed by atoms with E-state index in [1.165, 1.54) is 19.2 Å². The predicted molar refractivity (Wildman–Crippen MR) is 69.6 cm³/mol. The number of halogens is 2. The van der Waals surface area contributed by atoms with Crippen LogP contribution < -0.4 is 5.32 Å². The topological polar surface area (TPSA) is 58.6 Å². The summed E-state index contributed by atoms with van der Waals surface area (Å²) in [5.41, 5.74) is -0.0940. The number of hydrogen-bond donors (Lipinski definition) is 2. The van der Waals surface area contributed by atoms with Gasteiger partial charge in [0, 0.05) is 18.5 Å². The fraction of sp³-hybridized carbons (Fsp3) is 0.417. The summed E-state index contributed by atoms with van der Waals surface area (Å²) in [5, 5.41) is 12.5. The van der Waals surface area contributed by atoms with Crippen LogP contribution in [0.25, 0.3) is 0 Å². The maximum absolute atomic E-state index is 13.5. The summed E-state index contributed by atoms with van der Waals surface area (Å²) in [6, 6.07) is 3.24. The zero-order valence-electron chi connectivity index (χ0n) is 9.95. The Morgan fingerprint density at radius 1 is 1.61 bits per heavy atom. The first-order valence-corrected chi connectivity index (χ1v) is 6.55. The standard InChI is InChI=1S/C12H15BrFNO3/c1-18-7-8(4-5-13)15-12(17)10-3-2-9(16)6-11(10)14/h2-3,6,8,16H,4-5,7H2,1H3,(H,15,17). The fourth-order valence-corrected chi connectivity index (χ4v) is 2.03. The van der Waals surface area contributed by atoms with E-state index >= 15 is 0 Å². The molecule has 0 aliphatic carbocycles. The van der Waals surface area contributed by atoms with Crippen molar-refractivity contribution < 1.29 is 19.0 Å². The number of methoxy groups -OCH3 is 1. The second kappa shape index (κ2) is 7.33. The van der Waals surface area contributed by atoms with Crippen molar-refractivity contribution in [1.82, 2.24) is 5.32 Å². The second-order valence-electron chi connectivity index (χ2n) is 3.77. The Hall–Kier alpha value is -1.14. The molecule has 0 aliphatic rings. The van der Waals surface area contributed by atoms with E-state index in [1.807, 2.05) is 0 Å². The molecule has 1 aromatic carbocycles. The van der Waals surface area contributed by atoms with Gasteiger partial charge in [0.2, 0.25) is 0 Å². The van der Waals surface area contributed by atoms with Crippen molar-refractivity contribution in [3.8, 4) is 5.75 Å². The molecule has 1 unspecified atom stereocenters. The third-order valence-electron chi connectivity index (χ3n) is 2.36. The number of phenols is 1. The van der Waals surface area contributed by atoms with E-state index in [9.17, 15) is 9.18 Å². The number of benzene rings is 1. The van der Waals surface area contributed by atoms with E-state index in [0.29, 0.717) is 18.4 Å². The van der Waals surface area contributed by atoms with Crippen LogP contribution >= 0.6 is 15.9 Å². The van der Waals surface area contributed by atoms with Gasteiger partial charge < -0.3 is 15.2 Å². The number of rotatable bonds is 6. The van der Waals surface area contributed by atoms with Gasteiger partial charge in [0.15, 0.2) is 0 Å². The van der Waals surface area contributed by atoms with Gasteiger partial charge in [-0.25, -0.2) is 4.39 Å². The Bertz CT molecular complexity index is 408. The number of alkyl halides is 1. The van der Waals surface area contributed by atoms with Crippen molar-refractivity contribution in [2.24, 2.45) is 0 Å². The third-order valence-corrected chi connectivity index (χ3v) is 2.82. The highest BCUT2D eigenvalue weighted by Gasteiger charge is 2.16. The highest BCUT2D eigenvalue weighted by atomic mass is 79.9. The molecule has 1 aromatic rings. The Morgan fingerprint density at radius 2 is 2.33 bits per heavy atom. The monoisotopic (exact) mass is 319 g/mol. The van der Waals surface area contributed by atoms with E-state index in [0.717, 1.165) is 6.07 Å². The van der Waals surface area contributed by atoms with Gasteiger partial charge in [-0.2, -0.15) is 0 Å². The molecule has 0 radical (unpaired) electrons. The van der Waals surface area contributed by atoms with Crippen LogP contribution in [0.1, 0.15) is 16.8 Å². The summed E-state index contributed by atoms with van der Waals surface area (Å²) in [5.74, 6) is -1.48. The first kappa shape index (κ1) is 14.9. The van der Waals surface area contributed by atoms with Gasteiger partial charge in [-0.1, -0.05) is 15.9 Å². The van der Waals surface area contributed by atoms with E-state index in [2.05, 4.69) is 21.2 Å². The van der Waals surface area contributed by atoms with E-state index in [1.54, 1.807) is 0 Å². The minimum Gasteiger partial charge on any atom is -0.508 e. The molecule has 0 aliphatic heterocycles. The van der Waals surface area contributed by atoms with Crippen LogP contribution in [0, 0.1) is 5.82 Å². The quantitative estimate of drug-likeness (QED) is 0.789. The van der Waals surface area contributed by atoms with Crippen LogP contribution in [0.5, 0.6) is 5.75 Å². The number of amides is 1. The SMILES string of the molecule is COCC(CCBr)NC(=O)c1ccc(O)cc1F. The largest absolute Gasteiger partial charge is 0.508 e. The number of carbonyl (C=O) groups excluding carboxylic acids is 1. The first-order valence-electron chi connectivity index (χ1n) is 5.42. The molecular weight excluding hydrogens is 305 g/mol. The average molecular weight is 320 g/mol. The zero-order valence-corrected chi connectivity index (χ0v) is 11.5. The number of carbonyl (C=O) groups is 1. The smallest absolute Gasteiger partial charge is 0.254 e. The lowest BCUT2D eigenvalue weighted by molar-refractivity contribution is 0.0891. The van der Waals surface area contributed by atoms with Crippen molar-refractivity contribution in [2.45, 2.75) is 12.5 Å². The summed E-state index contributed by atoms with van der Waals surface area (Å²) in [4.78, 5) is 11.8. The molecule has 0 heterocycles. The van der Waals surface area contributed by atoms with Crippen molar-refractivity contribution >= 4 is 21.8 Å².